The van der Waals surface area contributed by atoms with Crippen molar-refractivity contribution in [1.82, 2.24) is 5.32 Å². The number of hydrogen-bond acceptors (Lipinski definition) is 2. The van der Waals surface area contributed by atoms with Crippen molar-refractivity contribution in [2.24, 2.45) is 11.3 Å². The van der Waals surface area contributed by atoms with Gasteiger partial charge in [-0.3, -0.25) is 9.59 Å². The molecule has 1 aromatic rings. The summed E-state index contributed by atoms with van der Waals surface area (Å²) in [5.74, 6) is 0.0117. The van der Waals surface area contributed by atoms with Gasteiger partial charge in [0.15, 0.2) is 0 Å². The van der Waals surface area contributed by atoms with Crippen LogP contribution in [0.5, 0.6) is 0 Å². The third-order valence-corrected chi connectivity index (χ3v) is 4.03. The zero-order valence-corrected chi connectivity index (χ0v) is 16.2. The Labute approximate surface area is 147 Å². The quantitative estimate of drug-likeness (QED) is 0.727. The summed E-state index contributed by atoms with van der Waals surface area (Å²) in [6.07, 6.45) is 0.604. The summed E-state index contributed by atoms with van der Waals surface area (Å²) in [7, 11) is 0. The van der Waals surface area contributed by atoms with Crippen molar-refractivity contribution < 1.29 is 9.59 Å². The molecule has 2 amide bonds. The van der Waals surface area contributed by atoms with Gasteiger partial charge in [-0.25, -0.2) is 0 Å². The van der Waals surface area contributed by atoms with Crippen molar-refractivity contribution in [2.45, 2.75) is 52.4 Å². The number of rotatable bonds is 6. The van der Waals surface area contributed by atoms with Crippen LogP contribution in [0.1, 0.15) is 46.6 Å². The number of hydrogen-bond donors (Lipinski definition) is 2. The number of amides is 2. The minimum absolute atomic E-state index is 0.118. The predicted octanol–water partition coefficient (Wildman–Crippen LogP) is 4.10. The van der Waals surface area contributed by atoms with Gasteiger partial charge in [0.2, 0.25) is 11.8 Å². The molecular weight excluding hydrogens is 356 g/mol. The first-order valence-corrected chi connectivity index (χ1v) is 9.02. The van der Waals surface area contributed by atoms with Crippen LogP contribution in [0.4, 0.5) is 5.69 Å². The van der Waals surface area contributed by atoms with Crippen LogP contribution >= 0.6 is 15.9 Å². The molecule has 0 bridgehead atoms. The Bertz CT molecular complexity index is 533. The smallest absolute Gasteiger partial charge is 0.246 e. The lowest BCUT2D eigenvalue weighted by Gasteiger charge is -2.25. The van der Waals surface area contributed by atoms with Gasteiger partial charge in [0.05, 0.1) is 0 Å². The largest absolute Gasteiger partial charge is 0.344 e. The van der Waals surface area contributed by atoms with E-state index in [1.807, 2.05) is 58.9 Å². The van der Waals surface area contributed by atoms with E-state index in [2.05, 4.69) is 26.6 Å². The molecule has 0 heterocycles. The molecule has 0 aliphatic heterocycles. The highest BCUT2D eigenvalue weighted by molar-refractivity contribution is 9.08. The number of halogens is 1. The fourth-order valence-electron chi connectivity index (χ4n) is 1.98. The number of benzene rings is 1. The molecule has 2 N–H and O–H groups in total. The minimum Gasteiger partial charge on any atom is -0.344 e. The lowest BCUT2D eigenvalue weighted by molar-refractivity contribution is -0.132. The third kappa shape index (κ3) is 6.73. The van der Waals surface area contributed by atoms with Gasteiger partial charge in [-0.2, -0.15) is 0 Å². The van der Waals surface area contributed by atoms with Crippen LogP contribution < -0.4 is 10.6 Å². The Morgan fingerprint density at radius 1 is 1.13 bits per heavy atom. The Balaban J connectivity index is 2.80. The second kappa shape index (κ2) is 8.48. The zero-order chi connectivity index (χ0) is 17.6. The zero-order valence-electron chi connectivity index (χ0n) is 14.6. The second-order valence-corrected chi connectivity index (χ2v) is 7.79. The second-order valence-electron chi connectivity index (χ2n) is 7.23. The Hall–Kier alpha value is -1.36. The molecule has 0 aromatic heterocycles. The summed E-state index contributed by atoms with van der Waals surface area (Å²) in [5, 5.41) is 6.54. The lowest BCUT2D eigenvalue weighted by Crippen LogP contribution is -2.48. The summed E-state index contributed by atoms with van der Waals surface area (Å²) >= 11 is 3.39. The molecule has 5 heteroatoms. The maximum atomic E-state index is 12.5. The highest BCUT2D eigenvalue weighted by Crippen LogP contribution is 2.16. The fraction of sp³-hybridized carbons (Fsp3) is 0.556. The van der Waals surface area contributed by atoms with Crippen molar-refractivity contribution in [3.05, 3.63) is 29.8 Å². The van der Waals surface area contributed by atoms with Gasteiger partial charge in [-0.15, -0.1) is 0 Å². The van der Waals surface area contributed by atoms with E-state index in [0.29, 0.717) is 12.3 Å². The molecule has 0 fully saturated rings. The van der Waals surface area contributed by atoms with E-state index in [0.717, 1.165) is 16.6 Å². The van der Waals surface area contributed by atoms with Crippen molar-refractivity contribution in [3.8, 4) is 0 Å². The van der Waals surface area contributed by atoms with Crippen LogP contribution in [-0.2, 0) is 14.9 Å². The van der Waals surface area contributed by atoms with E-state index in [-0.39, 0.29) is 11.8 Å². The van der Waals surface area contributed by atoms with E-state index < -0.39 is 11.5 Å². The molecule has 0 saturated heterocycles. The molecule has 1 rings (SSSR count). The van der Waals surface area contributed by atoms with Gasteiger partial charge >= 0.3 is 0 Å². The maximum Gasteiger partial charge on any atom is 0.246 e. The Kier molecular flexibility index (Phi) is 7.26. The first-order chi connectivity index (χ1) is 10.6. The molecule has 0 aliphatic carbocycles. The van der Waals surface area contributed by atoms with Crippen LogP contribution in [-0.4, -0.2) is 17.9 Å². The fourth-order valence-corrected chi connectivity index (χ4v) is 2.36. The van der Waals surface area contributed by atoms with Crippen molar-refractivity contribution in [1.29, 1.82) is 0 Å². The summed E-state index contributed by atoms with van der Waals surface area (Å²) in [6, 6.07) is 7.11. The number of alkyl halides is 1. The van der Waals surface area contributed by atoms with Gasteiger partial charge < -0.3 is 10.6 Å². The minimum atomic E-state index is -0.530. The summed E-state index contributed by atoms with van der Waals surface area (Å²) in [6.45, 7) is 9.59. The number of nitrogens with one attached hydrogen (secondary N) is 2. The van der Waals surface area contributed by atoms with E-state index >= 15 is 0 Å². The molecule has 23 heavy (non-hydrogen) atoms. The molecule has 0 spiro atoms. The Morgan fingerprint density at radius 2 is 1.70 bits per heavy atom. The topological polar surface area (TPSA) is 58.2 Å². The molecule has 128 valence electrons. The van der Waals surface area contributed by atoms with Gasteiger partial charge in [0.25, 0.3) is 0 Å². The first-order valence-electron chi connectivity index (χ1n) is 7.90. The predicted molar refractivity (Wildman–Crippen MR) is 98.5 cm³/mol. The summed E-state index contributed by atoms with van der Waals surface area (Å²) in [5.41, 5.74) is 1.36. The number of carbonyl (C=O) groups is 2. The molecule has 1 unspecified atom stereocenters. The monoisotopic (exact) mass is 382 g/mol. The highest BCUT2D eigenvalue weighted by atomic mass is 79.9. The molecule has 1 atom stereocenters. The molecule has 0 aliphatic rings. The standard InChI is InChI=1S/C18H27BrN2O2/c1-12(2)10-15(21-17(23)18(3,4)5)16(22)20-14-8-6-13(11-19)7-9-14/h6-9,12,15H,10-11H2,1-5H3,(H,20,22)(H,21,23). The number of carbonyl (C=O) groups excluding carboxylic acids is 2. The van der Waals surface area contributed by atoms with Crippen LogP contribution in [0, 0.1) is 11.3 Å². The van der Waals surface area contributed by atoms with Crippen molar-refractivity contribution in [3.63, 3.8) is 0 Å². The van der Waals surface area contributed by atoms with Gasteiger partial charge in [-0.1, -0.05) is 62.7 Å². The third-order valence-electron chi connectivity index (χ3n) is 3.39. The van der Waals surface area contributed by atoms with Crippen molar-refractivity contribution in [2.75, 3.05) is 5.32 Å². The Morgan fingerprint density at radius 3 is 2.13 bits per heavy atom. The molecule has 0 saturated carbocycles. The maximum absolute atomic E-state index is 12.5. The molecule has 4 nitrogen and oxygen atoms in total. The summed E-state index contributed by atoms with van der Waals surface area (Å²) < 4.78 is 0. The normalized spacial score (nSPS) is 12.8. The average molecular weight is 383 g/mol. The van der Waals surface area contributed by atoms with Crippen LogP contribution in [0.25, 0.3) is 0 Å². The van der Waals surface area contributed by atoms with E-state index in [1.165, 1.54) is 0 Å². The van der Waals surface area contributed by atoms with Crippen LogP contribution in [0.2, 0.25) is 0 Å². The van der Waals surface area contributed by atoms with Gasteiger partial charge in [-0.05, 0) is 30.0 Å². The summed E-state index contributed by atoms with van der Waals surface area (Å²) in [4.78, 5) is 24.7. The lowest BCUT2D eigenvalue weighted by atomic mass is 9.94. The van der Waals surface area contributed by atoms with Gasteiger partial charge in [0.1, 0.15) is 6.04 Å². The SMILES string of the molecule is CC(C)CC(NC(=O)C(C)(C)C)C(=O)Nc1ccc(CBr)cc1. The molecule has 0 radical (unpaired) electrons. The van der Waals surface area contributed by atoms with Crippen molar-refractivity contribution >= 4 is 33.4 Å². The van der Waals surface area contributed by atoms with Gasteiger partial charge in [0, 0.05) is 16.4 Å². The van der Waals surface area contributed by atoms with E-state index in [1.54, 1.807) is 0 Å². The first kappa shape index (κ1) is 19.7. The highest BCUT2D eigenvalue weighted by Gasteiger charge is 2.28. The molecular formula is C18H27BrN2O2. The number of anilines is 1. The van der Waals surface area contributed by atoms with Crippen LogP contribution in [0.3, 0.4) is 0 Å². The van der Waals surface area contributed by atoms with E-state index in [9.17, 15) is 9.59 Å². The average Bonchev–Trinajstić information content (AvgIpc) is 2.45. The van der Waals surface area contributed by atoms with E-state index in [4.69, 9.17) is 0 Å². The van der Waals surface area contributed by atoms with Crippen LogP contribution in [0.15, 0.2) is 24.3 Å². The molecule has 1 aromatic carbocycles.